The van der Waals surface area contributed by atoms with E-state index in [9.17, 15) is 8.42 Å². The molecule has 0 unspecified atom stereocenters. The van der Waals surface area contributed by atoms with Gasteiger partial charge in [0.25, 0.3) is 0 Å². The molecule has 0 amide bonds. The van der Waals surface area contributed by atoms with Gasteiger partial charge in [0, 0.05) is 17.6 Å². The van der Waals surface area contributed by atoms with Crippen molar-refractivity contribution in [3.8, 4) is 0 Å². The molecule has 1 aliphatic heterocycles. The van der Waals surface area contributed by atoms with Crippen LogP contribution < -0.4 is 10.0 Å². The van der Waals surface area contributed by atoms with Gasteiger partial charge in [0.1, 0.15) is 4.90 Å². The van der Waals surface area contributed by atoms with Crippen LogP contribution in [0.1, 0.15) is 6.42 Å². The van der Waals surface area contributed by atoms with Crippen molar-refractivity contribution in [1.82, 2.24) is 10.0 Å². The van der Waals surface area contributed by atoms with E-state index in [1.807, 2.05) is 6.08 Å². The molecule has 0 aromatic heterocycles. The Kier molecular flexibility index (Phi) is 6.97. The van der Waals surface area contributed by atoms with Crippen molar-refractivity contribution >= 4 is 50.0 Å². The minimum absolute atomic E-state index is 0. The Morgan fingerprint density at radius 2 is 2.15 bits per heavy atom. The molecule has 0 bridgehead atoms. The number of benzene rings is 1. The summed E-state index contributed by atoms with van der Waals surface area (Å²) in [6.45, 7) is 1.99. The SMILES string of the molecule is Cl.O=S(=O)(NCC1=CCNCC1)c1cccc(Br)c1Cl. The number of nitrogens with one attached hydrogen (secondary N) is 2. The van der Waals surface area contributed by atoms with Crippen molar-refractivity contribution in [3.05, 3.63) is 39.3 Å². The van der Waals surface area contributed by atoms with Crippen LogP contribution in [-0.4, -0.2) is 28.1 Å². The minimum Gasteiger partial charge on any atom is -0.313 e. The van der Waals surface area contributed by atoms with Crippen molar-refractivity contribution in [2.24, 2.45) is 0 Å². The number of sulfonamides is 1. The maximum atomic E-state index is 12.2. The second-order valence-electron chi connectivity index (χ2n) is 4.19. The normalized spacial score (nSPS) is 15.4. The lowest BCUT2D eigenvalue weighted by molar-refractivity contribution is 0.582. The Morgan fingerprint density at radius 3 is 2.80 bits per heavy atom. The van der Waals surface area contributed by atoms with E-state index in [1.165, 1.54) is 6.07 Å². The molecule has 0 aliphatic carbocycles. The van der Waals surface area contributed by atoms with Crippen molar-refractivity contribution in [2.45, 2.75) is 11.3 Å². The predicted molar refractivity (Wildman–Crippen MR) is 87.2 cm³/mol. The molecule has 0 spiro atoms. The van der Waals surface area contributed by atoms with Gasteiger partial charge >= 0.3 is 0 Å². The minimum atomic E-state index is -3.59. The summed E-state index contributed by atoms with van der Waals surface area (Å²) in [7, 11) is -3.59. The van der Waals surface area contributed by atoms with Gasteiger partial charge in [0.15, 0.2) is 0 Å². The molecule has 4 nitrogen and oxygen atoms in total. The summed E-state index contributed by atoms with van der Waals surface area (Å²) in [6.07, 6.45) is 2.86. The van der Waals surface area contributed by atoms with Gasteiger partial charge in [-0.1, -0.05) is 29.3 Å². The molecule has 0 saturated heterocycles. The highest BCUT2D eigenvalue weighted by atomic mass is 79.9. The molecule has 1 aromatic carbocycles. The summed E-state index contributed by atoms with van der Waals surface area (Å²) < 4.78 is 27.5. The molecule has 0 atom stereocenters. The van der Waals surface area contributed by atoms with Crippen LogP contribution in [0.4, 0.5) is 0 Å². The van der Waals surface area contributed by atoms with E-state index in [4.69, 9.17) is 11.6 Å². The predicted octanol–water partition coefficient (Wildman–Crippen LogP) is 2.72. The first-order chi connectivity index (χ1) is 9.00. The van der Waals surface area contributed by atoms with Crippen LogP contribution in [0.2, 0.25) is 5.02 Å². The molecular weight excluding hydrogens is 387 g/mol. The lowest BCUT2D eigenvalue weighted by Crippen LogP contribution is -2.29. The Morgan fingerprint density at radius 1 is 1.40 bits per heavy atom. The molecule has 0 saturated carbocycles. The summed E-state index contributed by atoms with van der Waals surface area (Å²) in [5.74, 6) is 0. The third kappa shape index (κ3) is 4.44. The first-order valence-electron chi connectivity index (χ1n) is 5.83. The summed E-state index contributed by atoms with van der Waals surface area (Å²) in [5, 5.41) is 3.38. The van der Waals surface area contributed by atoms with Gasteiger partial charge in [-0.15, -0.1) is 12.4 Å². The van der Waals surface area contributed by atoms with E-state index in [-0.39, 0.29) is 22.3 Å². The fourth-order valence-corrected chi connectivity index (χ4v) is 3.85. The van der Waals surface area contributed by atoms with Crippen molar-refractivity contribution in [3.63, 3.8) is 0 Å². The molecule has 1 heterocycles. The average Bonchev–Trinajstić information content (AvgIpc) is 2.41. The zero-order valence-electron chi connectivity index (χ0n) is 10.5. The number of hydrogen-bond acceptors (Lipinski definition) is 3. The molecule has 8 heteroatoms. The third-order valence-corrected chi connectivity index (χ3v) is 5.70. The highest BCUT2D eigenvalue weighted by Crippen LogP contribution is 2.29. The van der Waals surface area contributed by atoms with Gasteiger partial charge in [-0.2, -0.15) is 0 Å². The summed E-state index contributed by atoms with van der Waals surface area (Å²) in [4.78, 5) is 0.0954. The molecule has 112 valence electrons. The summed E-state index contributed by atoms with van der Waals surface area (Å²) in [6, 6.07) is 4.84. The van der Waals surface area contributed by atoms with Gasteiger partial charge in [-0.05, 0) is 41.0 Å². The number of rotatable bonds is 4. The number of halogens is 3. The molecule has 0 fully saturated rings. The van der Waals surface area contributed by atoms with Crippen LogP contribution in [0.25, 0.3) is 0 Å². The quantitative estimate of drug-likeness (QED) is 0.762. The van der Waals surface area contributed by atoms with Gasteiger partial charge in [0.05, 0.1) is 5.02 Å². The lowest BCUT2D eigenvalue weighted by atomic mass is 10.1. The van der Waals surface area contributed by atoms with Gasteiger partial charge in [0.2, 0.25) is 10.0 Å². The molecule has 0 radical (unpaired) electrons. The summed E-state index contributed by atoms with van der Waals surface area (Å²) in [5.41, 5.74) is 1.09. The van der Waals surface area contributed by atoms with Crippen LogP contribution in [-0.2, 0) is 10.0 Å². The van der Waals surface area contributed by atoms with E-state index in [2.05, 4.69) is 26.0 Å². The molecule has 2 rings (SSSR count). The molecule has 2 N–H and O–H groups in total. The smallest absolute Gasteiger partial charge is 0.242 e. The maximum absolute atomic E-state index is 12.2. The van der Waals surface area contributed by atoms with Crippen LogP contribution in [0.5, 0.6) is 0 Å². The lowest BCUT2D eigenvalue weighted by Gasteiger charge is -2.15. The zero-order valence-corrected chi connectivity index (χ0v) is 14.5. The van der Waals surface area contributed by atoms with Crippen LogP contribution in [0, 0.1) is 0 Å². The van der Waals surface area contributed by atoms with E-state index >= 15 is 0 Å². The van der Waals surface area contributed by atoms with Gasteiger partial charge in [-0.25, -0.2) is 13.1 Å². The first-order valence-corrected chi connectivity index (χ1v) is 8.48. The zero-order chi connectivity index (χ0) is 13.9. The largest absolute Gasteiger partial charge is 0.313 e. The van der Waals surface area contributed by atoms with Gasteiger partial charge < -0.3 is 5.32 Å². The van der Waals surface area contributed by atoms with Crippen LogP contribution in [0.15, 0.2) is 39.2 Å². The summed E-state index contributed by atoms with van der Waals surface area (Å²) >= 11 is 9.23. The van der Waals surface area contributed by atoms with E-state index < -0.39 is 10.0 Å². The van der Waals surface area contributed by atoms with Crippen molar-refractivity contribution < 1.29 is 8.42 Å². The molecule has 20 heavy (non-hydrogen) atoms. The Hall–Kier alpha value is -0.110. The molecular formula is C12H15BrCl2N2O2S. The standard InChI is InChI=1S/C12H14BrClN2O2S.ClH/c13-10-2-1-3-11(12(10)14)19(17,18)16-8-9-4-6-15-7-5-9;/h1-4,15-16H,5-8H2;1H. The fourth-order valence-electron chi connectivity index (χ4n) is 1.79. The Labute approximate surface area is 138 Å². The monoisotopic (exact) mass is 400 g/mol. The fraction of sp³-hybridized carbons (Fsp3) is 0.333. The van der Waals surface area contributed by atoms with E-state index in [1.54, 1.807) is 12.1 Å². The Bertz CT molecular complexity index is 605. The average molecular weight is 402 g/mol. The van der Waals surface area contributed by atoms with Crippen molar-refractivity contribution in [1.29, 1.82) is 0 Å². The van der Waals surface area contributed by atoms with E-state index in [0.29, 0.717) is 11.0 Å². The first kappa shape index (κ1) is 17.9. The van der Waals surface area contributed by atoms with Crippen molar-refractivity contribution in [2.75, 3.05) is 19.6 Å². The molecule has 1 aromatic rings. The highest BCUT2D eigenvalue weighted by Gasteiger charge is 2.19. The maximum Gasteiger partial charge on any atom is 0.242 e. The second kappa shape index (κ2) is 7.77. The second-order valence-corrected chi connectivity index (χ2v) is 7.16. The number of hydrogen-bond donors (Lipinski definition) is 2. The third-order valence-electron chi connectivity index (χ3n) is 2.85. The highest BCUT2D eigenvalue weighted by molar-refractivity contribution is 9.10. The van der Waals surface area contributed by atoms with Crippen LogP contribution >= 0.6 is 39.9 Å². The van der Waals surface area contributed by atoms with Crippen LogP contribution in [0.3, 0.4) is 0 Å². The van der Waals surface area contributed by atoms with E-state index in [0.717, 1.165) is 25.1 Å². The topological polar surface area (TPSA) is 58.2 Å². The Balaban J connectivity index is 0.00000200. The van der Waals surface area contributed by atoms with Gasteiger partial charge in [-0.3, -0.25) is 0 Å². The molecule has 1 aliphatic rings.